The lowest BCUT2D eigenvalue weighted by molar-refractivity contribution is -0.119. The SMILES string of the molecule is C=CCN1C(=O)c2ccc(C(=O)OCC(=O)Nc3sc4c(c3C#N)CCC4)cc2C1=O. The van der Waals surface area contributed by atoms with E-state index in [-0.39, 0.29) is 23.2 Å². The number of esters is 1. The third kappa shape index (κ3) is 3.62. The molecule has 1 aromatic carbocycles. The van der Waals surface area contributed by atoms with Crippen LogP contribution in [0.1, 0.15) is 53.5 Å². The van der Waals surface area contributed by atoms with Crippen LogP contribution < -0.4 is 5.32 Å². The van der Waals surface area contributed by atoms with E-state index >= 15 is 0 Å². The maximum absolute atomic E-state index is 12.4. The number of ether oxygens (including phenoxy) is 1. The van der Waals surface area contributed by atoms with E-state index in [1.165, 1.54) is 35.6 Å². The zero-order valence-electron chi connectivity index (χ0n) is 16.4. The third-order valence-corrected chi connectivity index (χ3v) is 6.35. The van der Waals surface area contributed by atoms with Crippen molar-refractivity contribution in [1.29, 1.82) is 5.26 Å². The molecule has 9 heteroatoms. The molecule has 0 saturated heterocycles. The summed E-state index contributed by atoms with van der Waals surface area (Å²) in [5.74, 6) is -2.32. The average Bonchev–Trinajstić information content (AvgIpc) is 3.40. The summed E-state index contributed by atoms with van der Waals surface area (Å²) in [6.45, 7) is 3.05. The number of hydrogen-bond donors (Lipinski definition) is 1. The van der Waals surface area contributed by atoms with Gasteiger partial charge in [0.1, 0.15) is 11.1 Å². The lowest BCUT2D eigenvalue weighted by Gasteiger charge is -2.09. The molecule has 0 unspecified atom stereocenters. The number of rotatable bonds is 6. The van der Waals surface area contributed by atoms with Gasteiger partial charge in [0.25, 0.3) is 17.7 Å². The first-order chi connectivity index (χ1) is 14.9. The Bertz CT molecular complexity index is 1190. The number of amides is 3. The van der Waals surface area contributed by atoms with Crippen LogP contribution in [0.4, 0.5) is 5.00 Å². The molecule has 156 valence electrons. The zero-order valence-corrected chi connectivity index (χ0v) is 17.2. The van der Waals surface area contributed by atoms with Crippen LogP contribution in [-0.2, 0) is 22.4 Å². The molecule has 0 saturated carbocycles. The van der Waals surface area contributed by atoms with E-state index in [0.29, 0.717) is 10.6 Å². The van der Waals surface area contributed by atoms with Gasteiger partial charge in [0.15, 0.2) is 6.61 Å². The van der Waals surface area contributed by atoms with E-state index in [1.54, 1.807) is 0 Å². The van der Waals surface area contributed by atoms with E-state index in [0.717, 1.165) is 34.6 Å². The highest BCUT2D eigenvalue weighted by Gasteiger charge is 2.35. The fraction of sp³-hybridized carbons (Fsp3) is 0.227. The van der Waals surface area contributed by atoms with E-state index in [4.69, 9.17) is 4.74 Å². The Morgan fingerprint density at radius 1 is 1.26 bits per heavy atom. The van der Waals surface area contributed by atoms with Crippen molar-refractivity contribution in [1.82, 2.24) is 4.90 Å². The highest BCUT2D eigenvalue weighted by molar-refractivity contribution is 7.16. The predicted octanol–water partition coefficient (Wildman–Crippen LogP) is 2.69. The van der Waals surface area contributed by atoms with Crippen molar-refractivity contribution < 1.29 is 23.9 Å². The van der Waals surface area contributed by atoms with Crippen molar-refractivity contribution in [3.63, 3.8) is 0 Å². The first kappa shape index (κ1) is 20.5. The second-order valence-corrected chi connectivity index (χ2v) is 8.17. The number of carbonyl (C=O) groups is 4. The van der Waals surface area contributed by atoms with Crippen molar-refractivity contribution in [3.05, 3.63) is 63.5 Å². The van der Waals surface area contributed by atoms with Crippen LogP contribution >= 0.6 is 11.3 Å². The van der Waals surface area contributed by atoms with Gasteiger partial charge in [0, 0.05) is 11.4 Å². The first-order valence-corrected chi connectivity index (χ1v) is 10.4. The fourth-order valence-electron chi connectivity index (χ4n) is 3.70. The monoisotopic (exact) mass is 435 g/mol. The van der Waals surface area contributed by atoms with Crippen LogP contribution in [0.25, 0.3) is 0 Å². The van der Waals surface area contributed by atoms with Crippen molar-refractivity contribution in [2.75, 3.05) is 18.5 Å². The molecule has 1 N–H and O–H groups in total. The second-order valence-electron chi connectivity index (χ2n) is 7.07. The molecule has 2 aliphatic rings. The average molecular weight is 435 g/mol. The van der Waals surface area contributed by atoms with Crippen LogP contribution in [0.2, 0.25) is 0 Å². The molecule has 4 rings (SSSR count). The molecule has 2 heterocycles. The largest absolute Gasteiger partial charge is 0.452 e. The van der Waals surface area contributed by atoms with Gasteiger partial charge >= 0.3 is 5.97 Å². The summed E-state index contributed by atoms with van der Waals surface area (Å²) in [4.78, 5) is 51.3. The Kier molecular flexibility index (Phi) is 5.40. The van der Waals surface area contributed by atoms with Crippen LogP contribution in [0, 0.1) is 11.3 Å². The number of benzene rings is 1. The molecule has 3 amide bonds. The molecule has 1 aromatic heterocycles. The Morgan fingerprint density at radius 2 is 2.03 bits per heavy atom. The molecule has 8 nitrogen and oxygen atoms in total. The molecular weight excluding hydrogens is 418 g/mol. The topological polar surface area (TPSA) is 117 Å². The summed E-state index contributed by atoms with van der Waals surface area (Å²) in [5.41, 5.74) is 1.83. The third-order valence-electron chi connectivity index (χ3n) is 5.14. The number of fused-ring (bicyclic) bond motifs is 2. The Labute approximate surface area is 181 Å². The maximum Gasteiger partial charge on any atom is 0.338 e. The highest BCUT2D eigenvalue weighted by Crippen LogP contribution is 2.38. The van der Waals surface area contributed by atoms with Crippen molar-refractivity contribution >= 4 is 40.0 Å². The number of thiophene rings is 1. The van der Waals surface area contributed by atoms with E-state index in [1.807, 2.05) is 0 Å². The van der Waals surface area contributed by atoms with Crippen molar-refractivity contribution in [2.24, 2.45) is 0 Å². The standard InChI is InChI=1S/C22H17N3O5S/c1-2-8-25-20(27)14-7-6-12(9-15(14)21(25)28)22(29)30-11-18(26)24-19-16(10-23)13-4-3-5-17(13)31-19/h2,6-7,9H,1,3-5,8,11H2,(H,24,26). The summed E-state index contributed by atoms with van der Waals surface area (Å²) in [5, 5.41) is 12.5. The minimum atomic E-state index is -0.797. The number of anilines is 1. The van der Waals surface area contributed by atoms with E-state index in [2.05, 4.69) is 18.0 Å². The van der Waals surface area contributed by atoms with Gasteiger partial charge in [-0.2, -0.15) is 5.26 Å². The van der Waals surface area contributed by atoms with E-state index in [9.17, 15) is 24.4 Å². The van der Waals surface area contributed by atoms with Crippen LogP contribution in [0.5, 0.6) is 0 Å². The summed E-state index contributed by atoms with van der Waals surface area (Å²) in [7, 11) is 0. The quantitative estimate of drug-likeness (QED) is 0.424. The molecule has 1 aliphatic heterocycles. The van der Waals surface area contributed by atoms with Crippen molar-refractivity contribution in [2.45, 2.75) is 19.3 Å². The smallest absolute Gasteiger partial charge is 0.338 e. The highest BCUT2D eigenvalue weighted by atomic mass is 32.1. The molecule has 1 aliphatic carbocycles. The minimum Gasteiger partial charge on any atom is -0.452 e. The summed E-state index contributed by atoms with van der Waals surface area (Å²) in [6, 6.07) is 6.19. The molecular formula is C22H17N3O5S. The number of nitriles is 1. The number of aryl methyl sites for hydroxylation is 1. The van der Waals surface area contributed by atoms with Gasteiger partial charge in [-0.3, -0.25) is 19.3 Å². The maximum atomic E-state index is 12.4. The summed E-state index contributed by atoms with van der Waals surface area (Å²) < 4.78 is 5.05. The minimum absolute atomic E-state index is 0.0565. The van der Waals surface area contributed by atoms with Crippen LogP contribution in [0.15, 0.2) is 30.9 Å². The molecule has 0 spiro atoms. The lowest BCUT2D eigenvalue weighted by atomic mass is 10.1. The molecule has 31 heavy (non-hydrogen) atoms. The normalized spacial score (nSPS) is 14.1. The van der Waals surface area contributed by atoms with Crippen LogP contribution in [0.3, 0.4) is 0 Å². The molecule has 0 atom stereocenters. The zero-order chi connectivity index (χ0) is 22.1. The number of hydrogen-bond acceptors (Lipinski definition) is 7. The second kappa shape index (κ2) is 8.16. The summed E-state index contributed by atoms with van der Waals surface area (Å²) >= 11 is 1.37. The number of carbonyl (C=O) groups excluding carboxylic acids is 4. The van der Waals surface area contributed by atoms with Gasteiger partial charge in [-0.05, 0) is 43.0 Å². The molecule has 0 bridgehead atoms. The van der Waals surface area contributed by atoms with E-state index < -0.39 is 30.3 Å². The van der Waals surface area contributed by atoms with Gasteiger partial charge < -0.3 is 10.1 Å². The molecule has 2 aromatic rings. The Morgan fingerprint density at radius 3 is 2.77 bits per heavy atom. The number of imide groups is 1. The van der Waals surface area contributed by atoms with Gasteiger partial charge in [0.05, 0.1) is 22.3 Å². The van der Waals surface area contributed by atoms with Gasteiger partial charge in [-0.15, -0.1) is 17.9 Å². The van der Waals surface area contributed by atoms with Gasteiger partial charge in [0.2, 0.25) is 0 Å². The van der Waals surface area contributed by atoms with Gasteiger partial charge in [-0.25, -0.2) is 4.79 Å². The van der Waals surface area contributed by atoms with Crippen LogP contribution in [-0.4, -0.2) is 41.7 Å². The first-order valence-electron chi connectivity index (χ1n) is 9.57. The van der Waals surface area contributed by atoms with Gasteiger partial charge in [-0.1, -0.05) is 6.08 Å². The predicted molar refractivity (Wildman–Crippen MR) is 112 cm³/mol. The lowest BCUT2D eigenvalue weighted by Crippen LogP contribution is -2.29. The number of nitrogens with zero attached hydrogens (tertiary/aromatic N) is 2. The Balaban J connectivity index is 1.41. The molecule has 0 radical (unpaired) electrons. The number of nitrogens with one attached hydrogen (secondary N) is 1. The summed E-state index contributed by atoms with van der Waals surface area (Å²) in [6.07, 6.45) is 4.16. The molecule has 0 fully saturated rings. The Hall–Kier alpha value is -3.77. The van der Waals surface area contributed by atoms with Crippen molar-refractivity contribution in [3.8, 4) is 6.07 Å². The fourth-order valence-corrected chi connectivity index (χ4v) is 4.96.